The Morgan fingerprint density at radius 1 is 0.864 bits per heavy atom. The van der Waals surface area contributed by atoms with Crippen molar-refractivity contribution in [3.05, 3.63) is 0 Å². The molecule has 2 N–H and O–H groups in total. The van der Waals surface area contributed by atoms with Gasteiger partial charge in [-0.3, -0.25) is 4.79 Å². The highest BCUT2D eigenvalue weighted by atomic mass is 16.3. The Hall–Kier alpha value is -0.570. The summed E-state index contributed by atoms with van der Waals surface area (Å²) in [6, 6.07) is 0. The Morgan fingerprint density at radius 3 is 1.68 bits per heavy atom. The van der Waals surface area contributed by atoms with Gasteiger partial charge in [0.25, 0.3) is 0 Å². The topological polar surface area (TPSA) is 49.3 Å². The van der Waals surface area contributed by atoms with Crippen molar-refractivity contribution in [3.63, 3.8) is 0 Å². The van der Waals surface area contributed by atoms with Crippen LogP contribution in [0.15, 0.2) is 0 Å². The van der Waals surface area contributed by atoms with Crippen molar-refractivity contribution in [2.24, 2.45) is 0 Å². The van der Waals surface area contributed by atoms with Crippen LogP contribution in [0.4, 0.5) is 0 Å². The highest BCUT2D eigenvalue weighted by Crippen LogP contribution is 2.13. The summed E-state index contributed by atoms with van der Waals surface area (Å²) in [5.74, 6) is -0.237. The number of carbonyl (C=O) groups is 1. The van der Waals surface area contributed by atoms with E-state index in [9.17, 15) is 9.90 Å². The summed E-state index contributed by atoms with van der Waals surface area (Å²) in [6.07, 6.45) is 13.9. The predicted octanol–water partition coefficient (Wildman–Crippen LogP) is 4.96. The lowest BCUT2D eigenvalue weighted by Gasteiger charge is -2.22. The molecule has 0 aromatic heterocycles. The number of unbranched alkanes of at least 4 members (excludes halogenated alkanes) is 10. The van der Waals surface area contributed by atoms with E-state index >= 15 is 0 Å². The van der Waals surface area contributed by atoms with E-state index in [1.807, 2.05) is 20.8 Å². The van der Waals surface area contributed by atoms with Crippen molar-refractivity contribution in [2.45, 2.75) is 116 Å². The Labute approximate surface area is 138 Å². The van der Waals surface area contributed by atoms with Crippen LogP contribution in [0, 0.1) is 0 Å². The van der Waals surface area contributed by atoms with Gasteiger partial charge in [-0.2, -0.15) is 0 Å². The molecule has 0 aliphatic carbocycles. The number of carbonyl (C=O) groups excluding carboxylic acids is 1. The molecular weight excluding hydrogens is 274 g/mol. The zero-order valence-corrected chi connectivity index (χ0v) is 15.4. The molecule has 0 aromatic rings. The molecule has 0 aliphatic heterocycles. The first-order valence-corrected chi connectivity index (χ1v) is 9.37. The smallest absolute Gasteiger partial charge is 0.249 e. The molecule has 0 saturated heterocycles. The van der Waals surface area contributed by atoms with Gasteiger partial charge in [0, 0.05) is 5.54 Å². The summed E-state index contributed by atoms with van der Waals surface area (Å²) in [6.45, 7) is 8.04. The summed E-state index contributed by atoms with van der Waals surface area (Å²) in [4.78, 5) is 11.7. The molecule has 132 valence electrons. The van der Waals surface area contributed by atoms with Gasteiger partial charge in [0.1, 0.15) is 6.10 Å². The number of amides is 1. The minimum Gasteiger partial charge on any atom is -0.383 e. The molecule has 0 aromatic carbocycles. The van der Waals surface area contributed by atoms with Crippen LogP contribution >= 0.6 is 0 Å². The van der Waals surface area contributed by atoms with Crippen molar-refractivity contribution in [3.8, 4) is 0 Å². The van der Waals surface area contributed by atoms with Crippen LogP contribution in [0.2, 0.25) is 0 Å². The first-order chi connectivity index (χ1) is 10.4. The average molecular weight is 314 g/mol. The summed E-state index contributed by atoms with van der Waals surface area (Å²) < 4.78 is 0. The fourth-order valence-corrected chi connectivity index (χ4v) is 2.59. The van der Waals surface area contributed by atoms with Gasteiger partial charge in [0.2, 0.25) is 5.91 Å². The second kappa shape index (κ2) is 12.9. The molecule has 0 saturated carbocycles. The van der Waals surface area contributed by atoms with Gasteiger partial charge in [-0.05, 0) is 27.2 Å². The first-order valence-electron chi connectivity index (χ1n) is 9.37. The van der Waals surface area contributed by atoms with Crippen molar-refractivity contribution in [1.29, 1.82) is 0 Å². The van der Waals surface area contributed by atoms with Gasteiger partial charge < -0.3 is 10.4 Å². The normalized spacial score (nSPS) is 13.1. The third-order valence-corrected chi connectivity index (χ3v) is 3.88. The van der Waals surface area contributed by atoms with Crippen molar-refractivity contribution in [1.82, 2.24) is 5.32 Å². The number of aliphatic hydroxyl groups is 1. The average Bonchev–Trinajstić information content (AvgIpc) is 2.42. The lowest BCUT2D eigenvalue weighted by molar-refractivity contribution is -0.131. The largest absolute Gasteiger partial charge is 0.383 e. The lowest BCUT2D eigenvalue weighted by atomic mass is 10.0. The Bertz CT molecular complexity index is 271. The SMILES string of the molecule is CCCCCCCCCCCCCC(O)C(=O)NC(C)(C)C. The second-order valence-electron chi connectivity index (χ2n) is 7.58. The maximum Gasteiger partial charge on any atom is 0.249 e. The number of hydrogen-bond donors (Lipinski definition) is 2. The summed E-state index contributed by atoms with van der Waals surface area (Å²) >= 11 is 0. The molecule has 3 heteroatoms. The molecule has 1 unspecified atom stereocenters. The highest BCUT2D eigenvalue weighted by Gasteiger charge is 2.19. The molecule has 3 nitrogen and oxygen atoms in total. The van der Waals surface area contributed by atoms with E-state index in [4.69, 9.17) is 0 Å². The van der Waals surface area contributed by atoms with E-state index < -0.39 is 6.10 Å². The molecule has 0 rings (SSSR count). The molecule has 1 amide bonds. The van der Waals surface area contributed by atoms with Gasteiger partial charge in [-0.25, -0.2) is 0 Å². The third-order valence-electron chi connectivity index (χ3n) is 3.88. The fourth-order valence-electron chi connectivity index (χ4n) is 2.59. The van der Waals surface area contributed by atoms with E-state index in [2.05, 4.69) is 12.2 Å². The zero-order chi connectivity index (χ0) is 16.8. The molecule has 22 heavy (non-hydrogen) atoms. The summed E-state index contributed by atoms with van der Waals surface area (Å²) in [5, 5.41) is 12.6. The monoisotopic (exact) mass is 313 g/mol. The van der Waals surface area contributed by atoms with Crippen LogP contribution < -0.4 is 5.32 Å². The third kappa shape index (κ3) is 14.4. The van der Waals surface area contributed by atoms with Crippen molar-refractivity contribution >= 4 is 5.91 Å². The van der Waals surface area contributed by atoms with Crippen LogP contribution in [0.1, 0.15) is 105 Å². The molecule has 0 aliphatic rings. The second-order valence-corrected chi connectivity index (χ2v) is 7.58. The van der Waals surface area contributed by atoms with Crippen molar-refractivity contribution in [2.75, 3.05) is 0 Å². The van der Waals surface area contributed by atoms with Crippen LogP contribution in [-0.2, 0) is 4.79 Å². The van der Waals surface area contributed by atoms with E-state index in [1.54, 1.807) is 0 Å². The van der Waals surface area contributed by atoms with E-state index in [0.717, 1.165) is 12.8 Å². The van der Waals surface area contributed by atoms with Crippen LogP contribution in [-0.4, -0.2) is 22.7 Å². The van der Waals surface area contributed by atoms with Gasteiger partial charge >= 0.3 is 0 Å². The van der Waals surface area contributed by atoms with E-state index in [-0.39, 0.29) is 11.4 Å². The summed E-state index contributed by atoms with van der Waals surface area (Å²) in [5.41, 5.74) is -0.269. The van der Waals surface area contributed by atoms with E-state index in [1.165, 1.54) is 57.8 Å². The standard InChI is InChI=1S/C19H39NO2/c1-5-6-7-8-9-10-11-12-13-14-15-16-17(21)18(22)20-19(2,3)4/h17,21H,5-16H2,1-4H3,(H,20,22). The summed E-state index contributed by atoms with van der Waals surface area (Å²) in [7, 11) is 0. The lowest BCUT2D eigenvalue weighted by Crippen LogP contribution is -2.45. The van der Waals surface area contributed by atoms with Gasteiger partial charge in [0.15, 0.2) is 0 Å². The predicted molar refractivity (Wildman–Crippen MR) is 95.0 cm³/mol. The van der Waals surface area contributed by atoms with Gasteiger partial charge in [0.05, 0.1) is 0 Å². The van der Waals surface area contributed by atoms with Gasteiger partial charge in [-0.1, -0.05) is 77.6 Å². The molecular formula is C19H39NO2. The zero-order valence-electron chi connectivity index (χ0n) is 15.4. The highest BCUT2D eigenvalue weighted by molar-refractivity contribution is 5.81. The van der Waals surface area contributed by atoms with Crippen LogP contribution in [0.25, 0.3) is 0 Å². The number of rotatable bonds is 13. The molecule has 0 bridgehead atoms. The maximum absolute atomic E-state index is 11.7. The fraction of sp³-hybridized carbons (Fsp3) is 0.947. The number of aliphatic hydroxyl groups excluding tert-OH is 1. The molecule has 0 heterocycles. The minimum atomic E-state index is -0.849. The molecule has 0 radical (unpaired) electrons. The Balaban J connectivity index is 3.37. The number of nitrogens with one attached hydrogen (secondary N) is 1. The van der Waals surface area contributed by atoms with Gasteiger partial charge in [-0.15, -0.1) is 0 Å². The molecule has 0 spiro atoms. The number of hydrogen-bond acceptors (Lipinski definition) is 2. The van der Waals surface area contributed by atoms with E-state index in [0.29, 0.717) is 6.42 Å². The molecule has 0 fully saturated rings. The Morgan fingerprint density at radius 2 is 1.27 bits per heavy atom. The van der Waals surface area contributed by atoms with Crippen molar-refractivity contribution < 1.29 is 9.90 Å². The maximum atomic E-state index is 11.7. The Kier molecular flexibility index (Phi) is 12.6. The minimum absolute atomic E-state index is 0.237. The first kappa shape index (κ1) is 21.4. The van der Waals surface area contributed by atoms with Crippen LogP contribution in [0.3, 0.4) is 0 Å². The molecule has 1 atom stereocenters. The quantitative estimate of drug-likeness (QED) is 0.472. The van der Waals surface area contributed by atoms with Crippen LogP contribution in [0.5, 0.6) is 0 Å².